The summed E-state index contributed by atoms with van der Waals surface area (Å²) in [5.74, 6) is 2.60. The van der Waals surface area contributed by atoms with Gasteiger partial charge >= 0.3 is 0 Å². The number of rotatable bonds is 8. The molecule has 4 aromatic heterocycles. The Hall–Kier alpha value is -6.12. The first-order chi connectivity index (χ1) is 26.8. The lowest BCUT2D eigenvalue weighted by atomic mass is 10.1. The Kier molecular flexibility index (Phi) is 11.2. The topological polar surface area (TPSA) is 136 Å². The van der Waals surface area contributed by atoms with E-state index in [4.69, 9.17) is 18.9 Å². The van der Waals surface area contributed by atoms with Gasteiger partial charge in [0, 0.05) is 99.6 Å². The molecule has 2 saturated heterocycles. The summed E-state index contributed by atoms with van der Waals surface area (Å²) in [5.41, 5.74) is 5.69. The van der Waals surface area contributed by atoms with Crippen LogP contribution in [0.5, 0.6) is 23.0 Å². The molecule has 2 fully saturated rings. The van der Waals surface area contributed by atoms with Crippen molar-refractivity contribution in [3.8, 4) is 45.5 Å². The fourth-order valence-electron chi connectivity index (χ4n) is 6.94. The van der Waals surface area contributed by atoms with Gasteiger partial charge in [-0.15, -0.1) is 0 Å². The van der Waals surface area contributed by atoms with Crippen LogP contribution in [0.4, 0.5) is 11.4 Å². The molecule has 0 saturated carbocycles. The molecule has 6 heterocycles. The van der Waals surface area contributed by atoms with E-state index in [1.165, 1.54) is 0 Å². The Bertz CT molecular complexity index is 2430. The third-order valence-corrected chi connectivity index (χ3v) is 9.87. The highest BCUT2D eigenvalue weighted by Crippen LogP contribution is 2.33. The summed E-state index contributed by atoms with van der Waals surface area (Å²) in [7, 11) is 6.38. The summed E-state index contributed by atoms with van der Waals surface area (Å²) in [5, 5.41) is 6.77. The van der Waals surface area contributed by atoms with Gasteiger partial charge in [-0.3, -0.25) is 18.4 Å². The van der Waals surface area contributed by atoms with E-state index >= 15 is 0 Å². The number of hydrogen-bond acceptors (Lipinski definition) is 12. The Morgan fingerprint density at radius 1 is 0.600 bits per heavy atom. The number of ether oxygens (including phenoxy) is 4. The highest BCUT2D eigenvalue weighted by Gasteiger charge is 2.18. The second-order valence-corrected chi connectivity index (χ2v) is 13.4. The second-order valence-electron chi connectivity index (χ2n) is 13.4. The molecule has 14 nitrogen and oxygen atoms in total. The minimum atomic E-state index is -0.122. The van der Waals surface area contributed by atoms with Crippen LogP contribution in [-0.4, -0.2) is 99.1 Å². The van der Waals surface area contributed by atoms with Crippen LogP contribution in [0.1, 0.15) is 6.92 Å². The first-order valence-corrected chi connectivity index (χ1v) is 18.2. The first kappa shape index (κ1) is 37.2. The second kappa shape index (κ2) is 16.5. The van der Waals surface area contributed by atoms with E-state index in [1.807, 2.05) is 60.9 Å². The molecule has 1 atom stereocenters. The van der Waals surface area contributed by atoms with E-state index in [1.54, 1.807) is 61.5 Å². The molecule has 0 aliphatic carbocycles. The summed E-state index contributed by atoms with van der Waals surface area (Å²) in [4.78, 5) is 39.5. The number of aromatic nitrogens is 4. The summed E-state index contributed by atoms with van der Waals surface area (Å²) >= 11 is 0. The Morgan fingerprint density at radius 2 is 1.09 bits per heavy atom. The summed E-state index contributed by atoms with van der Waals surface area (Å²) in [6.45, 7) is 8.67. The monoisotopic (exact) mass is 746 g/mol. The fraction of sp³-hybridized carbons (Fsp3) is 0.317. The predicted octanol–water partition coefficient (Wildman–Crippen LogP) is 3.97. The third kappa shape index (κ3) is 8.05. The summed E-state index contributed by atoms with van der Waals surface area (Å²) < 4.78 is 24.6. The molecule has 2 aliphatic heterocycles. The van der Waals surface area contributed by atoms with Crippen LogP contribution in [0.2, 0.25) is 0 Å². The van der Waals surface area contributed by atoms with E-state index in [9.17, 15) is 9.59 Å². The molecule has 6 aromatic rings. The smallest absolute Gasteiger partial charge is 0.258 e. The fourth-order valence-corrected chi connectivity index (χ4v) is 6.94. The maximum Gasteiger partial charge on any atom is 0.258 e. The Morgan fingerprint density at radius 3 is 1.56 bits per heavy atom. The molecular formula is C41H46N8O6. The molecule has 2 aliphatic rings. The van der Waals surface area contributed by atoms with Gasteiger partial charge in [0.1, 0.15) is 34.3 Å². The standard InChI is InChI=1S/C21H24N4O3.C20H22N4O3/c1-14-12-24(9-8-22-14)15-4-7-20-23-18(11-21(26)25(20)13-15)17-6-5-16(27-2)10-19(17)28-3;1-26-15-4-5-16(18(11-15)27-2)17-12-20(25)24-13-14(3-6-19(24)22-17)23-9-7-21-8-10-23/h4-7,10-11,13-14,22H,8-9,12H2,1-3H3;3-6,11-13,21H,7-10H2,1-2H3/t14-;/m0./s1. The van der Waals surface area contributed by atoms with Crippen LogP contribution in [0, 0.1) is 0 Å². The lowest BCUT2D eigenvalue weighted by molar-refractivity contribution is 0.395. The van der Waals surface area contributed by atoms with Crippen LogP contribution < -0.4 is 50.5 Å². The molecule has 2 N–H and O–H groups in total. The van der Waals surface area contributed by atoms with Gasteiger partial charge in [0.15, 0.2) is 0 Å². The number of nitrogens with zero attached hydrogens (tertiary/aromatic N) is 6. The van der Waals surface area contributed by atoms with E-state index in [-0.39, 0.29) is 11.1 Å². The quantitative estimate of drug-likeness (QED) is 0.233. The van der Waals surface area contributed by atoms with Gasteiger partial charge in [-0.25, -0.2) is 9.97 Å². The number of methoxy groups -OCH3 is 4. The molecule has 8 rings (SSSR count). The molecule has 0 radical (unpaired) electrons. The number of hydrogen-bond donors (Lipinski definition) is 2. The average Bonchev–Trinajstić information content (AvgIpc) is 3.23. The van der Waals surface area contributed by atoms with Crippen LogP contribution in [0.25, 0.3) is 33.8 Å². The van der Waals surface area contributed by atoms with E-state index < -0.39 is 0 Å². The minimum absolute atomic E-state index is 0.121. The SMILES string of the molecule is COc1ccc(-c2cc(=O)n3cc(N4CCNCC4)ccc3n2)c(OC)c1.COc1ccc(-c2cc(=O)n3cc(N4CCN[C@@H](C)C4)ccc3n2)c(OC)c1. The van der Waals surface area contributed by atoms with Gasteiger partial charge in [-0.05, 0) is 55.5 Å². The highest BCUT2D eigenvalue weighted by atomic mass is 16.5. The zero-order valence-electron chi connectivity index (χ0n) is 31.7. The lowest BCUT2D eigenvalue weighted by Crippen LogP contribution is -2.49. The van der Waals surface area contributed by atoms with Crippen LogP contribution >= 0.6 is 0 Å². The maximum absolute atomic E-state index is 12.8. The van der Waals surface area contributed by atoms with Gasteiger partial charge in [0.05, 0.1) is 51.2 Å². The highest BCUT2D eigenvalue weighted by molar-refractivity contribution is 5.71. The van der Waals surface area contributed by atoms with Gasteiger partial charge in [0.2, 0.25) is 0 Å². The van der Waals surface area contributed by atoms with Gasteiger partial charge in [-0.2, -0.15) is 0 Å². The van der Waals surface area contributed by atoms with Crippen LogP contribution in [0.3, 0.4) is 0 Å². The Labute approximate surface area is 318 Å². The van der Waals surface area contributed by atoms with E-state index in [0.717, 1.165) is 68.3 Å². The van der Waals surface area contributed by atoms with E-state index in [0.29, 0.717) is 51.7 Å². The molecule has 14 heteroatoms. The Balaban J connectivity index is 0.000000169. The van der Waals surface area contributed by atoms with Crippen LogP contribution in [0.15, 0.2) is 94.8 Å². The normalized spacial score (nSPS) is 15.7. The maximum atomic E-state index is 12.8. The van der Waals surface area contributed by atoms with Crippen molar-refractivity contribution < 1.29 is 18.9 Å². The minimum Gasteiger partial charge on any atom is -0.497 e. The van der Waals surface area contributed by atoms with E-state index in [2.05, 4.69) is 37.3 Å². The van der Waals surface area contributed by atoms with Crippen molar-refractivity contribution in [3.05, 3.63) is 106 Å². The van der Waals surface area contributed by atoms with Crippen molar-refractivity contribution in [2.45, 2.75) is 13.0 Å². The van der Waals surface area contributed by atoms with Crippen molar-refractivity contribution in [1.82, 2.24) is 29.4 Å². The molecule has 2 aromatic carbocycles. The van der Waals surface area contributed by atoms with Crippen molar-refractivity contribution in [2.75, 3.05) is 84.1 Å². The number of benzene rings is 2. The summed E-state index contributed by atoms with van der Waals surface area (Å²) in [6, 6.07) is 22.3. The lowest BCUT2D eigenvalue weighted by Gasteiger charge is -2.33. The number of piperazine rings is 2. The molecule has 0 unspecified atom stereocenters. The molecule has 0 spiro atoms. The number of pyridine rings is 2. The molecule has 0 amide bonds. The van der Waals surface area contributed by atoms with Gasteiger partial charge in [0.25, 0.3) is 11.1 Å². The molecular weight excluding hydrogens is 701 g/mol. The number of nitrogens with one attached hydrogen (secondary N) is 2. The predicted molar refractivity (Wildman–Crippen MR) is 215 cm³/mol. The first-order valence-electron chi connectivity index (χ1n) is 18.2. The molecule has 286 valence electrons. The largest absolute Gasteiger partial charge is 0.497 e. The molecule has 55 heavy (non-hydrogen) atoms. The van der Waals surface area contributed by atoms with Gasteiger partial charge < -0.3 is 39.4 Å². The number of fused-ring (bicyclic) bond motifs is 2. The zero-order chi connectivity index (χ0) is 38.5. The van der Waals surface area contributed by atoms with Crippen LogP contribution in [-0.2, 0) is 0 Å². The van der Waals surface area contributed by atoms with Crippen molar-refractivity contribution in [2.24, 2.45) is 0 Å². The third-order valence-electron chi connectivity index (χ3n) is 9.87. The molecule has 0 bridgehead atoms. The van der Waals surface area contributed by atoms with Crippen molar-refractivity contribution in [1.29, 1.82) is 0 Å². The van der Waals surface area contributed by atoms with Crippen molar-refractivity contribution in [3.63, 3.8) is 0 Å². The summed E-state index contributed by atoms with van der Waals surface area (Å²) in [6.07, 6.45) is 3.74. The average molecular weight is 747 g/mol. The van der Waals surface area contributed by atoms with Crippen molar-refractivity contribution >= 4 is 22.7 Å². The van der Waals surface area contributed by atoms with Gasteiger partial charge in [-0.1, -0.05) is 0 Å². The zero-order valence-corrected chi connectivity index (χ0v) is 31.7. The number of anilines is 2.